The normalized spacial score (nSPS) is 17.6. The van der Waals surface area contributed by atoms with Crippen LogP contribution in [-0.2, 0) is 33.4 Å². The molecule has 0 aliphatic rings. The average molecular weight is 480 g/mol. The Kier molecular flexibility index (Phi) is 9.39. The minimum atomic E-state index is -5.33. The van der Waals surface area contributed by atoms with E-state index in [2.05, 4.69) is 8.15 Å². The van der Waals surface area contributed by atoms with Crippen molar-refractivity contribution in [1.82, 2.24) is 4.90 Å². The van der Waals surface area contributed by atoms with E-state index >= 15 is 0 Å². The molecule has 3 unspecified atom stereocenters. The maximum Gasteiger partial charge on any atom is 0.412 e. The number of benzene rings is 1. The van der Waals surface area contributed by atoms with Crippen LogP contribution >= 0.6 is 38.9 Å². The van der Waals surface area contributed by atoms with Crippen molar-refractivity contribution in [3.05, 3.63) is 35.9 Å². The molecule has 0 aliphatic heterocycles. The summed E-state index contributed by atoms with van der Waals surface area (Å²) >= 11 is 9.86. The molecule has 158 valence electrons. The van der Waals surface area contributed by atoms with Gasteiger partial charge in [-0.2, -0.15) is 8.15 Å². The third-order valence-electron chi connectivity index (χ3n) is 3.45. The number of hydrogen-bond donors (Lipinski definition) is 3. The molecule has 1 amide bonds. The molecule has 0 saturated carbocycles. The Hall–Kier alpha value is -1.16. The number of ether oxygens (including phenoxy) is 1. The minimum absolute atomic E-state index is 0.0532. The van der Waals surface area contributed by atoms with Gasteiger partial charge < -0.3 is 19.6 Å². The predicted octanol–water partition coefficient (Wildman–Crippen LogP) is 3.48. The number of carbonyl (C=O) groups excluding carboxylic acids is 1. The fraction of sp³-hybridized carbons (Fsp3) is 0.385. The topological polar surface area (TPSA) is 160 Å². The van der Waals surface area contributed by atoms with Gasteiger partial charge in [0.05, 0.1) is 23.7 Å². The molecule has 1 aromatic rings. The molecule has 0 bridgehead atoms. The zero-order valence-corrected chi connectivity index (χ0v) is 17.6. The number of aliphatic carboxylic acids is 1. The monoisotopic (exact) mass is 479 g/mol. The summed E-state index contributed by atoms with van der Waals surface area (Å²) in [6.07, 6.45) is -1.84. The van der Waals surface area contributed by atoms with Crippen LogP contribution in [0.4, 0.5) is 4.79 Å². The summed E-state index contributed by atoms with van der Waals surface area (Å²) in [5, 5.41) is 9.36. The van der Waals surface area contributed by atoms with Crippen molar-refractivity contribution in [3.8, 4) is 0 Å². The molecule has 0 spiro atoms. The average Bonchev–Trinajstić information content (AvgIpc) is 2.66. The molecule has 3 N–H and O–H groups in total. The summed E-state index contributed by atoms with van der Waals surface area (Å²) in [5.41, 5.74) is -2.27. The number of amides is 1. The molecule has 15 heteroatoms. The Morgan fingerprint density at radius 2 is 1.61 bits per heavy atom. The van der Waals surface area contributed by atoms with Gasteiger partial charge in [-0.25, -0.2) is 9.59 Å². The Balaban J connectivity index is 3.39. The first-order valence-corrected chi connectivity index (χ1v) is 11.4. The summed E-state index contributed by atoms with van der Waals surface area (Å²) in [6.45, 7) is 0.939. The van der Waals surface area contributed by atoms with E-state index in [1.165, 1.54) is 6.92 Å². The lowest BCUT2D eigenvalue weighted by atomic mass is 10.2. The highest BCUT2D eigenvalue weighted by Gasteiger charge is 2.57. The highest BCUT2D eigenvalue weighted by Crippen LogP contribution is 2.68. The van der Waals surface area contributed by atoms with Crippen molar-refractivity contribution in [3.63, 3.8) is 0 Å². The zero-order valence-electron chi connectivity index (χ0n) is 14.3. The number of hydrogen-bond acceptors (Lipinski definition) is 7. The van der Waals surface area contributed by atoms with Crippen LogP contribution in [0.3, 0.4) is 0 Å². The highest BCUT2D eigenvalue weighted by atomic mass is 35.5. The molecule has 0 radical (unpaired) electrons. The molecule has 0 aromatic heterocycles. The Morgan fingerprint density at radius 3 is 2.00 bits per heavy atom. The van der Waals surface area contributed by atoms with Gasteiger partial charge >= 0.3 is 27.3 Å². The lowest BCUT2D eigenvalue weighted by Gasteiger charge is -2.35. The van der Waals surface area contributed by atoms with Crippen LogP contribution in [0.1, 0.15) is 18.9 Å². The molecule has 0 fully saturated rings. The summed E-state index contributed by atoms with van der Waals surface area (Å²) in [4.78, 5) is 43.9. The number of carbonyl (C=O) groups is 2. The Morgan fingerprint density at radius 1 is 1.11 bits per heavy atom. The Labute approximate surface area is 170 Å². The van der Waals surface area contributed by atoms with Gasteiger partial charge in [0.1, 0.15) is 12.6 Å². The second kappa shape index (κ2) is 10.6. The fourth-order valence-corrected chi connectivity index (χ4v) is 6.06. The summed E-state index contributed by atoms with van der Waals surface area (Å²) in [7, 11) is -10.7. The van der Waals surface area contributed by atoms with Crippen LogP contribution in [0.5, 0.6) is 0 Å². The molecule has 0 aliphatic carbocycles. The van der Waals surface area contributed by atoms with Crippen LogP contribution in [0.2, 0.25) is 0 Å². The SMILES string of the molecule is CCC(C(=O)O)N(C(=O)OCc1ccccc1)C(P(=O)(O)OCl)P(=O)(O)OCl. The third kappa shape index (κ3) is 6.17. The van der Waals surface area contributed by atoms with Gasteiger partial charge in [0, 0.05) is 0 Å². The molecular weight excluding hydrogens is 463 g/mol. The molecular formula is C13H17Cl2NO10P2. The van der Waals surface area contributed by atoms with E-state index < -0.39 is 38.8 Å². The smallest absolute Gasteiger partial charge is 0.412 e. The van der Waals surface area contributed by atoms with Gasteiger partial charge in [-0.15, -0.1) is 0 Å². The van der Waals surface area contributed by atoms with Crippen LogP contribution in [0, 0.1) is 0 Å². The second-order valence-electron chi connectivity index (χ2n) is 5.32. The first-order chi connectivity index (χ1) is 13.0. The van der Waals surface area contributed by atoms with Crippen LogP contribution in [0.15, 0.2) is 30.3 Å². The molecule has 1 aromatic carbocycles. The number of halogens is 2. The molecule has 28 heavy (non-hydrogen) atoms. The largest absolute Gasteiger partial charge is 0.480 e. The number of rotatable bonds is 10. The summed E-state index contributed by atoms with van der Waals surface area (Å²) < 4.78 is 37.1. The van der Waals surface area contributed by atoms with Gasteiger partial charge in [0.2, 0.25) is 5.52 Å². The highest BCUT2D eigenvalue weighted by molar-refractivity contribution is 7.72. The van der Waals surface area contributed by atoms with Crippen LogP contribution < -0.4 is 0 Å². The maximum atomic E-state index is 12.6. The van der Waals surface area contributed by atoms with Crippen molar-refractivity contribution in [2.75, 3.05) is 0 Å². The second-order valence-corrected chi connectivity index (χ2v) is 10.1. The molecule has 0 heterocycles. The van der Waals surface area contributed by atoms with Gasteiger partial charge in [0.25, 0.3) is 0 Å². The number of carboxylic acid groups (broad SMARTS) is 1. The van der Waals surface area contributed by atoms with E-state index in [0.717, 1.165) is 0 Å². The van der Waals surface area contributed by atoms with Gasteiger partial charge in [-0.1, -0.05) is 37.3 Å². The van der Waals surface area contributed by atoms with E-state index in [1.54, 1.807) is 30.3 Å². The van der Waals surface area contributed by atoms with Gasteiger partial charge in [0.15, 0.2) is 0 Å². The van der Waals surface area contributed by atoms with Crippen LogP contribution in [-0.4, -0.2) is 43.4 Å². The first kappa shape index (κ1) is 24.9. The van der Waals surface area contributed by atoms with E-state index in [9.17, 15) is 33.6 Å². The van der Waals surface area contributed by atoms with Gasteiger partial charge in [-0.05, 0) is 12.0 Å². The first-order valence-electron chi connectivity index (χ1n) is 7.49. The van der Waals surface area contributed by atoms with E-state index in [4.69, 9.17) is 28.5 Å². The van der Waals surface area contributed by atoms with E-state index in [-0.39, 0.29) is 17.9 Å². The molecule has 3 atom stereocenters. The van der Waals surface area contributed by atoms with Crippen molar-refractivity contribution < 1.29 is 46.5 Å². The molecule has 1 rings (SSSR count). The van der Waals surface area contributed by atoms with Crippen LogP contribution in [0.25, 0.3) is 0 Å². The van der Waals surface area contributed by atoms with Crippen molar-refractivity contribution >= 4 is 51.0 Å². The van der Waals surface area contributed by atoms with Gasteiger partial charge in [-0.3, -0.25) is 14.0 Å². The molecule has 11 nitrogen and oxygen atoms in total. The maximum absolute atomic E-state index is 12.6. The van der Waals surface area contributed by atoms with E-state index in [1.807, 2.05) is 0 Å². The lowest BCUT2D eigenvalue weighted by Crippen LogP contribution is -2.50. The van der Waals surface area contributed by atoms with Crippen molar-refractivity contribution in [2.24, 2.45) is 0 Å². The van der Waals surface area contributed by atoms with Crippen molar-refractivity contribution in [1.29, 1.82) is 0 Å². The summed E-state index contributed by atoms with van der Waals surface area (Å²) in [5.74, 6) is -1.66. The quantitative estimate of drug-likeness (QED) is 0.423. The number of carboxylic acids is 1. The number of nitrogens with zero attached hydrogens (tertiary/aromatic N) is 1. The van der Waals surface area contributed by atoms with Crippen molar-refractivity contribution in [2.45, 2.75) is 31.5 Å². The summed E-state index contributed by atoms with van der Waals surface area (Å²) in [6, 6.07) is 6.28. The molecule has 0 saturated heterocycles. The fourth-order valence-electron chi connectivity index (χ4n) is 2.24. The minimum Gasteiger partial charge on any atom is -0.480 e. The third-order valence-corrected chi connectivity index (χ3v) is 8.45. The predicted molar refractivity (Wildman–Crippen MR) is 97.5 cm³/mol. The lowest BCUT2D eigenvalue weighted by molar-refractivity contribution is -0.142. The standard InChI is InChI=1S/C13H17Cl2NO10P2/c1-2-10(11(17)18)16(12(19)24-8-9-6-4-3-5-7-9)13(27(20,21)25-14)28(22,23)26-15/h3-7,10,13H,2,8H2,1H3,(H,17,18)(H,20,21)(H,22,23). The van der Waals surface area contributed by atoms with E-state index in [0.29, 0.717) is 5.56 Å². The Bertz CT molecular complexity index is 756. The zero-order chi connectivity index (χ0) is 21.5.